The zero-order chi connectivity index (χ0) is 14.5. The Bertz CT molecular complexity index is 543. The minimum atomic E-state index is -2.36. The molecule has 0 aliphatic carbocycles. The standard InChI is InChI=1S/C14H17F2N3S/c1-17-8-11-13(10-6-4-3-5-7-10)18-14(20-11)19(2)9-12(15)16/h3-7,12,17H,8-9H2,1-2H3. The van der Waals surface area contributed by atoms with Crippen LogP contribution in [0.15, 0.2) is 30.3 Å². The molecule has 0 saturated heterocycles. The van der Waals surface area contributed by atoms with Gasteiger partial charge in [-0.3, -0.25) is 0 Å². The second kappa shape index (κ2) is 6.76. The highest BCUT2D eigenvalue weighted by Gasteiger charge is 2.17. The molecule has 1 heterocycles. The van der Waals surface area contributed by atoms with Crippen LogP contribution in [0.4, 0.5) is 13.9 Å². The number of hydrogen-bond acceptors (Lipinski definition) is 4. The number of nitrogens with one attached hydrogen (secondary N) is 1. The number of thiazole rings is 1. The van der Waals surface area contributed by atoms with Crippen LogP contribution in [-0.2, 0) is 6.54 Å². The zero-order valence-corrected chi connectivity index (χ0v) is 12.3. The van der Waals surface area contributed by atoms with Crippen LogP contribution in [0, 0.1) is 0 Å². The molecule has 0 spiro atoms. The third kappa shape index (κ3) is 3.52. The molecule has 0 bridgehead atoms. The van der Waals surface area contributed by atoms with E-state index >= 15 is 0 Å². The molecule has 2 aromatic rings. The Kier molecular flexibility index (Phi) is 5.03. The summed E-state index contributed by atoms with van der Waals surface area (Å²) in [7, 11) is 3.50. The summed E-state index contributed by atoms with van der Waals surface area (Å²) in [5.41, 5.74) is 1.87. The van der Waals surface area contributed by atoms with Crippen molar-refractivity contribution >= 4 is 16.5 Å². The monoisotopic (exact) mass is 297 g/mol. The molecule has 0 unspecified atom stereocenters. The summed E-state index contributed by atoms with van der Waals surface area (Å²) in [5, 5.41) is 3.71. The number of nitrogens with zero attached hydrogens (tertiary/aromatic N) is 2. The normalized spacial score (nSPS) is 11.1. The Morgan fingerprint density at radius 3 is 2.60 bits per heavy atom. The Hall–Kier alpha value is -1.53. The first kappa shape index (κ1) is 14.9. The molecule has 3 nitrogen and oxygen atoms in total. The van der Waals surface area contributed by atoms with E-state index in [9.17, 15) is 8.78 Å². The Morgan fingerprint density at radius 2 is 2.00 bits per heavy atom. The van der Waals surface area contributed by atoms with Gasteiger partial charge >= 0.3 is 0 Å². The maximum Gasteiger partial charge on any atom is 0.255 e. The SMILES string of the molecule is CNCc1sc(N(C)CC(F)F)nc1-c1ccccc1. The molecule has 6 heteroatoms. The van der Waals surface area contributed by atoms with Gasteiger partial charge < -0.3 is 10.2 Å². The summed E-state index contributed by atoms with van der Waals surface area (Å²) in [5.74, 6) is 0. The lowest BCUT2D eigenvalue weighted by molar-refractivity contribution is 0.156. The molecule has 108 valence electrons. The van der Waals surface area contributed by atoms with Gasteiger partial charge in [0.25, 0.3) is 6.43 Å². The van der Waals surface area contributed by atoms with Gasteiger partial charge in [-0.2, -0.15) is 0 Å². The molecule has 1 aromatic heterocycles. The van der Waals surface area contributed by atoms with Gasteiger partial charge in [-0.1, -0.05) is 41.7 Å². The molecule has 1 aromatic carbocycles. The minimum Gasteiger partial charge on any atom is -0.345 e. The van der Waals surface area contributed by atoms with E-state index < -0.39 is 6.43 Å². The van der Waals surface area contributed by atoms with E-state index in [0.29, 0.717) is 11.7 Å². The fourth-order valence-electron chi connectivity index (χ4n) is 1.89. The third-order valence-corrected chi connectivity index (χ3v) is 3.98. The van der Waals surface area contributed by atoms with Gasteiger partial charge in [0.1, 0.15) is 0 Å². The van der Waals surface area contributed by atoms with Crippen LogP contribution in [0.5, 0.6) is 0 Å². The lowest BCUT2D eigenvalue weighted by Crippen LogP contribution is -2.23. The van der Waals surface area contributed by atoms with E-state index in [-0.39, 0.29) is 6.54 Å². The Labute approximate surface area is 121 Å². The van der Waals surface area contributed by atoms with Crippen molar-refractivity contribution in [2.45, 2.75) is 13.0 Å². The summed E-state index contributed by atoms with van der Waals surface area (Å²) in [6, 6.07) is 9.79. The summed E-state index contributed by atoms with van der Waals surface area (Å²) in [4.78, 5) is 7.07. The first-order valence-corrected chi connectivity index (χ1v) is 7.12. The number of benzene rings is 1. The van der Waals surface area contributed by atoms with Gasteiger partial charge in [0.05, 0.1) is 12.2 Å². The first-order valence-electron chi connectivity index (χ1n) is 6.30. The summed E-state index contributed by atoms with van der Waals surface area (Å²) in [6.07, 6.45) is -2.36. The Balaban J connectivity index is 2.33. The second-order valence-electron chi connectivity index (χ2n) is 4.44. The van der Waals surface area contributed by atoms with E-state index in [1.807, 2.05) is 37.4 Å². The average molecular weight is 297 g/mol. The van der Waals surface area contributed by atoms with E-state index in [4.69, 9.17) is 0 Å². The van der Waals surface area contributed by atoms with Crippen molar-refractivity contribution in [3.63, 3.8) is 0 Å². The molecule has 0 aliphatic rings. The lowest BCUT2D eigenvalue weighted by atomic mass is 10.1. The number of aromatic nitrogens is 1. The van der Waals surface area contributed by atoms with Crippen molar-refractivity contribution < 1.29 is 8.78 Å². The first-order chi connectivity index (χ1) is 9.61. The average Bonchev–Trinajstić information content (AvgIpc) is 2.84. The fraction of sp³-hybridized carbons (Fsp3) is 0.357. The van der Waals surface area contributed by atoms with Crippen molar-refractivity contribution in [2.75, 3.05) is 25.5 Å². The number of anilines is 1. The fourth-order valence-corrected chi connectivity index (χ4v) is 2.95. The summed E-state index contributed by atoms with van der Waals surface area (Å²) < 4.78 is 24.9. The molecule has 0 radical (unpaired) electrons. The van der Waals surface area contributed by atoms with Crippen molar-refractivity contribution in [1.29, 1.82) is 0 Å². The van der Waals surface area contributed by atoms with Gasteiger partial charge in [0, 0.05) is 24.0 Å². The molecule has 0 atom stereocenters. The third-order valence-electron chi connectivity index (χ3n) is 2.81. The second-order valence-corrected chi connectivity index (χ2v) is 5.50. The molecule has 20 heavy (non-hydrogen) atoms. The van der Waals surface area contributed by atoms with Crippen molar-refractivity contribution in [3.8, 4) is 11.3 Å². The molecular formula is C14H17F2N3S. The maximum atomic E-state index is 12.5. The highest BCUT2D eigenvalue weighted by molar-refractivity contribution is 7.16. The zero-order valence-electron chi connectivity index (χ0n) is 11.4. The number of hydrogen-bond donors (Lipinski definition) is 1. The topological polar surface area (TPSA) is 28.2 Å². The van der Waals surface area contributed by atoms with Crippen LogP contribution >= 0.6 is 11.3 Å². The maximum absolute atomic E-state index is 12.5. The van der Waals surface area contributed by atoms with Crippen LogP contribution < -0.4 is 10.2 Å². The molecule has 1 N–H and O–H groups in total. The minimum absolute atomic E-state index is 0.305. The predicted octanol–water partition coefficient (Wildman–Crippen LogP) is 3.23. The van der Waals surface area contributed by atoms with Crippen molar-refractivity contribution in [2.24, 2.45) is 0 Å². The van der Waals surface area contributed by atoms with E-state index in [1.165, 1.54) is 16.2 Å². The number of halogens is 2. The van der Waals surface area contributed by atoms with Gasteiger partial charge in [-0.15, -0.1) is 0 Å². The van der Waals surface area contributed by atoms with E-state index in [2.05, 4.69) is 10.3 Å². The number of alkyl halides is 2. The molecule has 0 aliphatic heterocycles. The Morgan fingerprint density at radius 1 is 1.30 bits per heavy atom. The van der Waals surface area contributed by atoms with Crippen LogP contribution in [0.2, 0.25) is 0 Å². The highest BCUT2D eigenvalue weighted by atomic mass is 32.1. The van der Waals surface area contributed by atoms with Gasteiger partial charge in [0.15, 0.2) is 5.13 Å². The van der Waals surface area contributed by atoms with Crippen LogP contribution in [-0.4, -0.2) is 32.0 Å². The smallest absolute Gasteiger partial charge is 0.255 e. The molecule has 0 fully saturated rings. The lowest BCUT2D eigenvalue weighted by Gasteiger charge is -2.14. The molecule has 0 amide bonds. The largest absolute Gasteiger partial charge is 0.345 e. The quantitative estimate of drug-likeness (QED) is 0.887. The van der Waals surface area contributed by atoms with Crippen LogP contribution in [0.3, 0.4) is 0 Å². The molecule has 2 rings (SSSR count). The molecular weight excluding hydrogens is 280 g/mol. The highest BCUT2D eigenvalue weighted by Crippen LogP contribution is 2.32. The summed E-state index contributed by atoms with van der Waals surface area (Å²) >= 11 is 1.45. The van der Waals surface area contributed by atoms with Crippen LogP contribution in [0.25, 0.3) is 11.3 Å². The van der Waals surface area contributed by atoms with Gasteiger partial charge in [-0.25, -0.2) is 13.8 Å². The van der Waals surface area contributed by atoms with Gasteiger partial charge in [-0.05, 0) is 7.05 Å². The predicted molar refractivity (Wildman–Crippen MR) is 79.6 cm³/mol. The van der Waals surface area contributed by atoms with E-state index in [0.717, 1.165) is 16.1 Å². The van der Waals surface area contributed by atoms with Crippen molar-refractivity contribution in [3.05, 3.63) is 35.2 Å². The van der Waals surface area contributed by atoms with Crippen molar-refractivity contribution in [1.82, 2.24) is 10.3 Å². The molecule has 0 saturated carbocycles. The van der Waals surface area contributed by atoms with Gasteiger partial charge in [0.2, 0.25) is 0 Å². The van der Waals surface area contributed by atoms with E-state index in [1.54, 1.807) is 7.05 Å². The van der Waals surface area contributed by atoms with Crippen LogP contribution in [0.1, 0.15) is 4.88 Å². The summed E-state index contributed by atoms with van der Waals surface area (Å²) in [6.45, 7) is 0.366. The number of rotatable bonds is 6.